The zero-order valence-corrected chi connectivity index (χ0v) is 24.2. The van der Waals surface area contributed by atoms with Gasteiger partial charge in [0.25, 0.3) is 0 Å². The minimum absolute atomic E-state index is 0. The molecule has 0 saturated heterocycles. The third-order valence-electron chi connectivity index (χ3n) is 4.80. The fourth-order valence-corrected chi connectivity index (χ4v) is 5.16. The van der Waals surface area contributed by atoms with Crippen molar-refractivity contribution in [2.75, 3.05) is 0 Å². The van der Waals surface area contributed by atoms with Gasteiger partial charge in [-0.05, 0) is 62.4 Å². The van der Waals surface area contributed by atoms with Crippen molar-refractivity contribution in [3.05, 3.63) is 96.3 Å². The average molecular weight is 661 g/mol. The van der Waals surface area contributed by atoms with Crippen LogP contribution in [0.1, 0.15) is 11.4 Å². The number of hydrogen-bond donors (Lipinski definition) is 0. The zero-order valence-electron chi connectivity index (χ0n) is 20.7. The molecule has 40 heavy (non-hydrogen) atoms. The second-order valence-corrected chi connectivity index (χ2v) is 12.2. The Balaban J connectivity index is 0.000000177. The first-order chi connectivity index (χ1) is 18.1. The number of aromatic nitrogens is 4. The van der Waals surface area contributed by atoms with Crippen molar-refractivity contribution in [3.63, 3.8) is 0 Å². The number of rotatable bonds is 2. The van der Waals surface area contributed by atoms with E-state index in [2.05, 4.69) is 32.1 Å². The Bertz CT molecular complexity index is 1570. The van der Waals surface area contributed by atoms with Gasteiger partial charge in [-0.3, -0.25) is 9.97 Å². The number of halogens is 6. The van der Waals surface area contributed by atoms with Gasteiger partial charge in [0.15, 0.2) is 0 Å². The van der Waals surface area contributed by atoms with Crippen LogP contribution in [0.15, 0.2) is 84.9 Å². The maximum absolute atomic E-state index is 10.7. The molecule has 0 saturated carbocycles. The minimum atomic E-state index is -10.7. The van der Waals surface area contributed by atoms with E-state index in [0.717, 1.165) is 43.8 Å². The molecule has 6 aromatic rings. The summed E-state index contributed by atoms with van der Waals surface area (Å²) in [6, 6.07) is 28.4. The standard InChI is InChI=1S/2C13H10N2S.Cu.F6P/c2*1-9-5-4-7-11(14-9)13-15-10-6-2-3-8-12(10)16-13;;1-7(2,3,4,5)6/h2*2-8H,1H3;;/q;;+1;-1. The van der Waals surface area contributed by atoms with E-state index < -0.39 is 7.81 Å². The summed E-state index contributed by atoms with van der Waals surface area (Å²) in [5.41, 5.74) is 6.06. The van der Waals surface area contributed by atoms with Crippen LogP contribution >= 0.6 is 30.5 Å². The van der Waals surface area contributed by atoms with Gasteiger partial charge in [-0.15, -0.1) is 22.7 Å². The van der Waals surface area contributed by atoms with E-state index >= 15 is 0 Å². The smallest absolute Gasteiger partial charge is 1.00 e. The first-order valence-electron chi connectivity index (χ1n) is 11.3. The average Bonchev–Trinajstić information content (AvgIpc) is 3.47. The number of nitrogens with zero attached hydrogens (tertiary/aromatic N) is 4. The van der Waals surface area contributed by atoms with E-state index in [0.29, 0.717) is 0 Å². The predicted octanol–water partition coefficient (Wildman–Crippen LogP) is 10.7. The number of aryl methyl sites for hydroxylation is 2. The van der Waals surface area contributed by atoms with Gasteiger partial charge in [0.1, 0.15) is 10.0 Å². The van der Waals surface area contributed by atoms with E-state index in [9.17, 15) is 25.2 Å². The van der Waals surface area contributed by atoms with Crippen molar-refractivity contribution in [1.29, 1.82) is 0 Å². The fourth-order valence-electron chi connectivity index (χ4n) is 3.29. The van der Waals surface area contributed by atoms with Gasteiger partial charge < -0.3 is 0 Å². The number of fused-ring (bicyclic) bond motifs is 2. The molecule has 4 aromatic heterocycles. The molecule has 214 valence electrons. The summed E-state index contributed by atoms with van der Waals surface area (Å²) >= 11 is 3.37. The van der Waals surface area contributed by atoms with Crippen molar-refractivity contribution >= 4 is 50.9 Å². The molecule has 0 aliphatic rings. The molecule has 2 aromatic carbocycles. The molecule has 0 unspecified atom stereocenters. The molecule has 0 atom stereocenters. The van der Waals surface area contributed by atoms with Crippen molar-refractivity contribution in [1.82, 2.24) is 19.9 Å². The zero-order chi connectivity index (χ0) is 28.3. The number of benzene rings is 2. The minimum Gasteiger partial charge on any atom is 1.00 e. The number of para-hydroxylation sites is 2. The van der Waals surface area contributed by atoms with Crippen LogP contribution in [0.4, 0.5) is 25.2 Å². The van der Waals surface area contributed by atoms with Crippen molar-refractivity contribution in [2.24, 2.45) is 0 Å². The second kappa shape index (κ2) is 11.5. The summed E-state index contributed by atoms with van der Waals surface area (Å²) in [7, 11) is -10.7. The molecule has 0 N–H and O–H groups in total. The van der Waals surface area contributed by atoms with Crippen LogP contribution in [-0.2, 0) is 17.1 Å². The number of hydrogen-bond acceptors (Lipinski definition) is 6. The largest absolute Gasteiger partial charge is 1.00 e. The first-order valence-corrected chi connectivity index (χ1v) is 14.9. The summed E-state index contributed by atoms with van der Waals surface area (Å²) in [5.74, 6) is 0. The molecule has 0 aliphatic carbocycles. The Kier molecular flexibility index (Phi) is 9.08. The Morgan fingerprint density at radius 3 is 1.18 bits per heavy atom. The molecule has 0 radical (unpaired) electrons. The normalized spacial score (nSPS) is 12.7. The van der Waals surface area contributed by atoms with Crippen LogP contribution in [0.2, 0.25) is 0 Å². The quantitative estimate of drug-likeness (QED) is 0.105. The second-order valence-electron chi connectivity index (χ2n) is 8.26. The van der Waals surface area contributed by atoms with Gasteiger partial charge in [0, 0.05) is 11.4 Å². The molecule has 6 rings (SSSR count). The summed E-state index contributed by atoms with van der Waals surface area (Å²) < 4.78 is 61.6. The van der Waals surface area contributed by atoms with Gasteiger partial charge in [-0.25, -0.2) is 9.97 Å². The van der Waals surface area contributed by atoms with Crippen molar-refractivity contribution < 1.29 is 42.3 Å². The number of thiazole rings is 2. The van der Waals surface area contributed by atoms with E-state index in [1.165, 1.54) is 9.40 Å². The predicted molar refractivity (Wildman–Crippen MR) is 149 cm³/mol. The van der Waals surface area contributed by atoms with E-state index in [1.54, 1.807) is 22.7 Å². The Hall–Kier alpha value is -2.95. The maximum atomic E-state index is 9.87. The Labute approximate surface area is 243 Å². The molecule has 0 fully saturated rings. The van der Waals surface area contributed by atoms with Crippen LogP contribution in [0.25, 0.3) is 41.8 Å². The number of pyridine rings is 2. The van der Waals surface area contributed by atoms with Crippen LogP contribution in [0.5, 0.6) is 0 Å². The van der Waals surface area contributed by atoms with Crippen molar-refractivity contribution in [3.8, 4) is 21.4 Å². The van der Waals surface area contributed by atoms with Gasteiger partial charge >= 0.3 is 50.1 Å². The molecular weight excluding hydrogens is 641 g/mol. The van der Waals surface area contributed by atoms with E-state index in [-0.39, 0.29) is 17.1 Å². The molecule has 0 aliphatic heterocycles. The molecular formula is C26H20CuF6N4PS2. The maximum Gasteiger partial charge on any atom is 1.00 e. The van der Waals surface area contributed by atoms with E-state index in [1.807, 2.05) is 86.6 Å². The van der Waals surface area contributed by atoms with Gasteiger partial charge in [0.05, 0.1) is 31.8 Å². The Morgan fingerprint density at radius 1 is 0.500 bits per heavy atom. The van der Waals surface area contributed by atoms with Gasteiger partial charge in [0.2, 0.25) is 0 Å². The summed E-state index contributed by atoms with van der Waals surface area (Å²) in [6.07, 6.45) is 0. The van der Waals surface area contributed by atoms with Crippen LogP contribution in [0, 0.1) is 13.8 Å². The summed E-state index contributed by atoms with van der Waals surface area (Å²) in [4.78, 5) is 18.1. The fraction of sp³-hybridized carbons (Fsp3) is 0.0769. The van der Waals surface area contributed by atoms with Crippen LogP contribution < -0.4 is 0 Å². The van der Waals surface area contributed by atoms with E-state index in [4.69, 9.17) is 0 Å². The summed E-state index contributed by atoms with van der Waals surface area (Å²) in [5, 5.41) is 1.98. The topological polar surface area (TPSA) is 51.6 Å². The summed E-state index contributed by atoms with van der Waals surface area (Å²) in [6.45, 7) is 3.99. The van der Waals surface area contributed by atoms with Crippen molar-refractivity contribution in [2.45, 2.75) is 13.8 Å². The van der Waals surface area contributed by atoms with Gasteiger partial charge in [-0.1, -0.05) is 36.4 Å². The van der Waals surface area contributed by atoms with Crippen LogP contribution in [0.3, 0.4) is 0 Å². The molecule has 0 bridgehead atoms. The molecule has 0 amide bonds. The molecule has 4 heterocycles. The molecule has 14 heteroatoms. The third-order valence-corrected chi connectivity index (χ3v) is 6.92. The molecule has 0 spiro atoms. The molecule has 4 nitrogen and oxygen atoms in total. The monoisotopic (exact) mass is 660 g/mol. The van der Waals surface area contributed by atoms with Crippen LogP contribution in [-0.4, -0.2) is 19.9 Å². The van der Waals surface area contributed by atoms with Gasteiger partial charge in [-0.2, -0.15) is 0 Å². The third kappa shape index (κ3) is 10.2. The SMILES string of the molecule is Cc1cccc(-c2nc3ccccc3s2)n1.Cc1cccc(-c2nc3ccccc3s2)n1.F[P-](F)(F)(F)(F)F.[Cu+]. The Morgan fingerprint density at radius 2 is 0.850 bits per heavy atom. The first kappa shape index (κ1) is 31.6.